The van der Waals surface area contributed by atoms with Crippen molar-refractivity contribution in [1.82, 2.24) is 20.1 Å². The largest absolute Gasteiger partial charge is 0.408 e. The molecular weight excluding hydrogens is 373 g/mol. The second-order valence-electron chi connectivity index (χ2n) is 7.14. The SMILES string of the molecule is CC(C)c1cc(C(=O)Cc2ccc([C@H]3CNCCO3)nc2)n(CC(F)(F)F)n1. The molecule has 3 rings (SSSR count). The lowest BCUT2D eigenvalue weighted by Gasteiger charge is -2.23. The van der Waals surface area contributed by atoms with E-state index in [1.54, 1.807) is 18.3 Å². The third-order valence-electron chi connectivity index (χ3n) is 4.47. The van der Waals surface area contributed by atoms with Gasteiger partial charge >= 0.3 is 6.18 Å². The molecule has 0 aromatic carbocycles. The number of pyridine rings is 1. The number of alkyl halides is 3. The van der Waals surface area contributed by atoms with Gasteiger partial charge in [-0.15, -0.1) is 0 Å². The average Bonchev–Trinajstić information content (AvgIpc) is 3.05. The molecule has 152 valence electrons. The van der Waals surface area contributed by atoms with E-state index in [1.165, 1.54) is 6.07 Å². The smallest absolute Gasteiger partial charge is 0.369 e. The fourth-order valence-corrected chi connectivity index (χ4v) is 3.00. The number of aromatic nitrogens is 3. The van der Waals surface area contributed by atoms with Crippen LogP contribution in [0.3, 0.4) is 0 Å². The minimum Gasteiger partial charge on any atom is -0.369 e. The normalized spacial score (nSPS) is 17.9. The second kappa shape index (κ2) is 8.40. The van der Waals surface area contributed by atoms with E-state index >= 15 is 0 Å². The summed E-state index contributed by atoms with van der Waals surface area (Å²) in [6, 6.07) is 4.99. The van der Waals surface area contributed by atoms with Crippen LogP contribution in [0.5, 0.6) is 0 Å². The van der Waals surface area contributed by atoms with E-state index in [0.29, 0.717) is 24.4 Å². The van der Waals surface area contributed by atoms with Gasteiger partial charge in [-0.05, 0) is 23.6 Å². The molecule has 0 radical (unpaired) electrons. The number of halogens is 3. The van der Waals surface area contributed by atoms with Crippen molar-refractivity contribution in [1.29, 1.82) is 0 Å². The number of ether oxygens (including phenoxy) is 1. The molecular formula is C19H23F3N4O2. The number of rotatable bonds is 6. The molecule has 0 saturated carbocycles. The van der Waals surface area contributed by atoms with Gasteiger partial charge in [0.05, 0.1) is 18.0 Å². The Bertz CT molecular complexity index is 810. The maximum atomic E-state index is 12.8. The molecule has 1 saturated heterocycles. The Morgan fingerprint density at radius 2 is 2.18 bits per heavy atom. The molecule has 1 aliphatic heterocycles. The van der Waals surface area contributed by atoms with Crippen molar-refractivity contribution in [3.63, 3.8) is 0 Å². The Labute approximate surface area is 161 Å². The monoisotopic (exact) mass is 396 g/mol. The molecule has 1 N–H and O–H groups in total. The highest BCUT2D eigenvalue weighted by atomic mass is 19.4. The quantitative estimate of drug-likeness (QED) is 0.760. The minimum absolute atomic E-state index is 0.0371. The molecule has 0 amide bonds. The van der Waals surface area contributed by atoms with Gasteiger partial charge in [-0.25, -0.2) is 0 Å². The van der Waals surface area contributed by atoms with Gasteiger partial charge < -0.3 is 10.1 Å². The van der Waals surface area contributed by atoms with Gasteiger partial charge in [0, 0.05) is 25.7 Å². The van der Waals surface area contributed by atoms with Crippen molar-refractivity contribution in [2.45, 2.75) is 45.0 Å². The third-order valence-corrected chi connectivity index (χ3v) is 4.47. The lowest BCUT2D eigenvalue weighted by molar-refractivity contribution is -0.142. The van der Waals surface area contributed by atoms with Gasteiger partial charge in [-0.2, -0.15) is 18.3 Å². The number of morpholine rings is 1. The van der Waals surface area contributed by atoms with Gasteiger partial charge in [0.2, 0.25) is 0 Å². The Kier molecular flexibility index (Phi) is 6.14. The second-order valence-corrected chi connectivity index (χ2v) is 7.14. The standard InChI is InChI=1S/C19H23F3N4O2/c1-12(2)15-8-16(26(25-15)11-19(20,21)22)17(27)7-13-3-4-14(24-9-13)18-10-23-5-6-28-18/h3-4,8-9,12,18,23H,5-7,10-11H2,1-2H3/t18-/m1/s1. The van der Waals surface area contributed by atoms with Gasteiger partial charge in [0.1, 0.15) is 18.3 Å². The topological polar surface area (TPSA) is 69.0 Å². The van der Waals surface area contributed by atoms with E-state index in [4.69, 9.17) is 4.74 Å². The van der Waals surface area contributed by atoms with E-state index in [1.807, 2.05) is 13.8 Å². The van der Waals surface area contributed by atoms with Gasteiger partial charge in [0.25, 0.3) is 0 Å². The van der Waals surface area contributed by atoms with Crippen LogP contribution in [0.25, 0.3) is 0 Å². The number of hydrogen-bond acceptors (Lipinski definition) is 5. The van der Waals surface area contributed by atoms with Crippen LogP contribution in [-0.4, -0.2) is 46.4 Å². The van der Waals surface area contributed by atoms with Crippen molar-refractivity contribution >= 4 is 5.78 Å². The summed E-state index contributed by atoms with van der Waals surface area (Å²) in [5, 5.41) is 7.19. The van der Waals surface area contributed by atoms with E-state index in [2.05, 4.69) is 15.4 Å². The van der Waals surface area contributed by atoms with E-state index in [-0.39, 0.29) is 24.1 Å². The number of nitrogens with zero attached hydrogens (tertiary/aromatic N) is 3. The van der Waals surface area contributed by atoms with Crippen molar-refractivity contribution in [2.75, 3.05) is 19.7 Å². The number of nitrogens with one attached hydrogen (secondary N) is 1. The number of ketones is 1. The lowest BCUT2D eigenvalue weighted by Crippen LogP contribution is -2.33. The van der Waals surface area contributed by atoms with Crippen molar-refractivity contribution < 1.29 is 22.7 Å². The molecule has 6 nitrogen and oxygen atoms in total. The van der Waals surface area contributed by atoms with Crippen LogP contribution in [0.15, 0.2) is 24.4 Å². The van der Waals surface area contributed by atoms with Crippen LogP contribution in [0.1, 0.15) is 53.3 Å². The van der Waals surface area contributed by atoms with Crippen LogP contribution < -0.4 is 5.32 Å². The zero-order valence-electron chi connectivity index (χ0n) is 15.8. The summed E-state index contributed by atoms with van der Waals surface area (Å²) in [5.41, 5.74) is 1.81. The first-order chi connectivity index (χ1) is 13.2. The zero-order chi connectivity index (χ0) is 20.3. The molecule has 0 spiro atoms. The highest BCUT2D eigenvalue weighted by molar-refractivity contribution is 5.96. The van der Waals surface area contributed by atoms with Crippen LogP contribution >= 0.6 is 0 Å². The number of carbonyl (C=O) groups excluding carboxylic acids is 1. The summed E-state index contributed by atoms with van der Waals surface area (Å²) in [4.78, 5) is 17.0. The Morgan fingerprint density at radius 1 is 1.39 bits per heavy atom. The predicted octanol–water partition coefficient (Wildman–Crippen LogP) is 3.05. The molecule has 28 heavy (non-hydrogen) atoms. The summed E-state index contributed by atoms with van der Waals surface area (Å²) in [5.74, 6) is -0.500. The third kappa shape index (κ3) is 5.17. The fraction of sp³-hybridized carbons (Fsp3) is 0.526. The Hall–Kier alpha value is -2.26. The zero-order valence-corrected chi connectivity index (χ0v) is 15.8. The maximum Gasteiger partial charge on any atom is 0.408 e. The Morgan fingerprint density at radius 3 is 2.75 bits per heavy atom. The molecule has 9 heteroatoms. The number of carbonyl (C=O) groups is 1. The summed E-state index contributed by atoms with van der Waals surface area (Å²) < 4.78 is 44.9. The van der Waals surface area contributed by atoms with Crippen LogP contribution in [0.4, 0.5) is 13.2 Å². The summed E-state index contributed by atoms with van der Waals surface area (Å²) in [6.07, 6.45) is -3.07. The molecule has 2 aromatic heterocycles. The number of hydrogen-bond donors (Lipinski definition) is 1. The summed E-state index contributed by atoms with van der Waals surface area (Å²) in [7, 11) is 0. The minimum atomic E-state index is -4.45. The molecule has 1 atom stereocenters. The molecule has 0 unspecified atom stereocenters. The van der Waals surface area contributed by atoms with Crippen LogP contribution in [0.2, 0.25) is 0 Å². The molecule has 1 aliphatic rings. The van der Waals surface area contributed by atoms with E-state index in [9.17, 15) is 18.0 Å². The molecule has 0 aliphatic carbocycles. The fourth-order valence-electron chi connectivity index (χ4n) is 3.00. The maximum absolute atomic E-state index is 12.8. The van der Waals surface area contributed by atoms with Crippen LogP contribution in [-0.2, 0) is 17.7 Å². The van der Waals surface area contributed by atoms with Gasteiger partial charge in [-0.3, -0.25) is 14.5 Å². The first kappa shape index (κ1) is 20.5. The lowest BCUT2D eigenvalue weighted by atomic mass is 10.1. The first-order valence-corrected chi connectivity index (χ1v) is 9.18. The van der Waals surface area contributed by atoms with Crippen molar-refractivity contribution in [3.05, 3.63) is 47.0 Å². The predicted molar refractivity (Wildman–Crippen MR) is 96.2 cm³/mol. The van der Waals surface area contributed by atoms with E-state index in [0.717, 1.165) is 16.9 Å². The molecule has 2 aromatic rings. The molecule has 3 heterocycles. The highest BCUT2D eigenvalue weighted by Crippen LogP contribution is 2.22. The number of Topliss-reactive ketones (excluding diaryl/α,β-unsaturated/α-hetero) is 1. The van der Waals surface area contributed by atoms with Gasteiger partial charge in [-0.1, -0.05) is 19.9 Å². The average molecular weight is 396 g/mol. The molecule has 1 fully saturated rings. The van der Waals surface area contributed by atoms with Gasteiger partial charge in [0.15, 0.2) is 5.78 Å². The van der Waals surface area contributed by atoms with Crippen molar-refractivity contribution in [2.24, 2.45) is 0 Å². The van der Waals surface area contributed by atoms with Crippen LogP contribution in [0, 0.1) is 0 Å². The van der Waals surface area contributed by atoms with Crippen molar-refractivity contribution in [3.8, 4) is 0 Å². The van der Waals surface area contributed by atoms with E-state index < -0.39 is 18.5 Å². The first-order valence-electron chi connectivity index (χ1n) is 9.18. The Balaban J connectivity index is 1.75. The summed E-state index contributed by atoms with van der Waals surface area (Å²) in [6.45, 7) is 4.42. The molecule has 0 bridgehead atoms. The highest BCUT2D eigenvalue weighted by Gasteiger charge is 2.31. The summed E-state index contributed by atoms with van der Waals surface area (Å²) >= 11 is 0.